The predicted octanol–water partition coefficient (Wildman–Crippen LogP) is 3.52. The third-order valence-electron chi connectivity index (χ3n) is 4.86. The molecule has 0 bridgehead atoms. The van der Waals surface area contributed by atoms with Gasteiger partial charge >= 0.3 is 0 Å². The van der Waals surface area contributed by atoms with E-state index in [1.54, 1.807) is 41.3 Å². The van der Waals surface area contributed by atoms with Crippen LogP contribution in [-0.4, -0.2) is 54.9 Å². The zero-order chi connectivity index (χ0) is 20.1. The van der Waals surface area contributed by atoms with E-state index in [2.05, 4.69) is 29.4 Å². The van der Waals surface area contributed by atoms with Gasteiger partial charge in [-0.15, -0.1) is 24.8 Å². The quantitative estimate of drug-likeness (QED) is 0.579. The summed E-state index contributed by atoms with van der Waals surface area (Å²) in [5, 5.41) is 6.57. The van der Waals surface area contributed by atoms with Crippen LogP contribution < -0.4 is 15.5 Å². The Morgan fingerprint density at radius 2 is 1.77 bits per heavy atom. The number of hydrogen-bond donors (Lipinski definition) is 2. The Balaban J connectivity index is 0.00000300. The van der Waals surface area contributed by atoms with Gasteiger partial charge in [0.2, 0.25) is 5.91 Å². The Kier molecular flexibility index (Phi) is 12.7. The molecule has 3 rings (SSSR count). The summed E-state index contributed by atoms with van der Waals surface area (Å²) < 4.78 is 0. The third-order valence-corrected chi connectivity index (χ3v) is 5.10. The van der Waals surface area contributed by atoms with Crippen LogP contribution in [0.4, 0.5) is 17.1 Å². The first-order chi connectivity index (χ1) is 13.5. The number of para-hydroxylation sites is 1. The molecular weight excluding hydrogens is 463 g/mol. The maximum atomic E-state index is 13.1. The predicted molar refractivity (Wildman–Crippen MR) is 132 cm³/mol. The van der Waals surface area contributed by atoms with Crippen LogP contribution >= 0.6 is 36.4 Å². The number of rotatable bonds is 7. The number of carbonyl (C=O) groups is 2. The molecule has 1 aliphatic rings. The maximum absolute atomic E-state index is 13.1. The van der Waals surface area contributed by atoms with Gasteiger partial charge in [-0.05, 0) is 43.4 Å². The van der Waals surface area contributed by atoms with Gasteiger partial charge in [0.1, 0.15) is 0 Å². The molecule has 31 heavy (non-hydrogen) atoms. The molecule has 172 valence electrons. The Bertz CT molecular complexity index is 879. The molecule has 4 N–H and O–H groups in total. The van der Waals surface area contributed by atoms with E-state index in [1.165, 1.54) is 0 Å². The van der Waals surface area contributed by atoms with Crippen molar-refractivity contribution in [1.29, 1.82) is 0 Å². The lowest BCUT2D eigenvalue weighted by Gasteiger charge is -2.25. The summed E-state index contributed by atoms with van der Waals surface area (Å²) in [6.45, 7) is 7.97. The fourth-order valence-corrected chi connectivity index (χ4v) is 3.48. The molecule has 7 nitrogen and oxygen atoms in total. The SMILES string of the molecule is CCN(CC)CCNCC(=O)N1c2ccc(Cl)cc2NC(=O)c2ccccc21.Cl.Cl.O. The fraction of sp³-hybridized carbons (Fsp3) is 0.333. The Morgan fingerprint density at radius 1 is 1.10 bits per heavy atom. The van der Waals surface area contributed by atoms with E-state index in [1.807, 2.05) is 6.07 Å². The molecule has 0 aliphatic carbocycles. The number of carbonyl (C=O) groups excluding carboxylic acids is 2. The van der Waals surface area contributed by atoms with Crippen molar-refractivity contribution in [3.8, 4) is 0 Å². The van der Waals surface area contributed by atoms with Gasteiger partial charge in [-0.1, -0.05) is 37.6 Å². The Labute approximate surface area is 200 Å². The van der Waals surface area contributed by atoms with Gasteiger partial charge in [-0.2, -0.15) is 0 Å². The number of amides is 2. The van der Waals surface area contributed by atoms with E-state index in [-0.39, 0.29) is 48.6 Å². The molecule has 2 aromatic carbocycles. The van der Waals surface area contributed by atoms with Crippen LogP contribution in [0.3, 0.4) is 0 Å². The largest absolute Gasteiger partial charge is 0.412 e. The standard InChI is InChI=1S/C21H25ClN4O2.2ClH.H2O/c1-3-25(4-2)12-11-23-14-20(27)26-18-8-6-5-7-16(18)21(28)24-17-13-15(22)9-10-19(17)26;;;/h5-10,13,23H,3-4,11-12,14H2,1-2H3,(H,24,28);2*1H;1H2. The molecule has 1 aliphatic heterocycles. The van der Waals surface area contributed by atoms with E-state index >= 15 is 0 Å². The number of nitrogens with zero attached hydrogens (tertiary/aromatic N) is 2. The summed E-state index contributed by atoms with van der Waals surface area (Å²) in [5.74, 6) is -0.393. The fourth-order valence-electron chi connectivity index (χ4n) is 3.30. The average molecular weight is 492 g/mol. The van der Waals surface area contributed by atoms with Crippen LogP contribution in [0.25, 0.3) is 0 Å². The lowest BCUT2D eigenvalue weighted by molar-refractivity contribution is -0.117. The number of hydrogen-bond acceptors (Lipinski definition) is 4. The van der Waals surface area contributed by atoms with E-state index in [4.69, 9.17) is 11.6 Å². The molecule has 0 radical (unpaired) electrons. The smallest absolute Gasteiger partial charge is 0.257 e. The molecule has 0 aromatic heterocycles. The molecule has 2 amide bonds. The Hall–Kier alpha value is -1.87. The summed E-state index contributed by atoms with van der Waals surface area (Å²) in [6.07, 6.45) is 0. The zero-order valence-corrected chi connectivity index (χ0v) is 19.9. The molecule has 0 saturated heterocycles. The first-order valence-corrected chi connectivity index (χ1v) is 9.88. The minimum Gasteiger partial charge on any atom is -0.412 e. The highest BCUT2D eigenvalue weighted by Crippen LogP contribution is 2.39. The zero-order valence-electron chi connectivity index (χ0n) is 17.5. The van der Waals surface area contributed by atoms with Crippen molar-refractivity contribution in [2.45, 2.75) is 13.8 Å². The van der Waals surface area contributed by atoms with Gasteiger partial charge in [0, 0.05) is 18.1 Å². The number of benzene rings is 2. The maximum Gasteiger partial charge on any atom is 0.257 e. The minimum atomic E-state index is -0.260. The van der Waals surface area contributed by atoms with Gasteiger partial charge in [0.05, 0.1) is 29.2 Å². The number of fused-ring (bicyclic) bond motifs is 2. The average Bonchev–Trinajstić information content (AvgIpc) is 2.81. The highest BCUT2D eigenvalue weighted by atomic mass is 35.5. The van der Waals surface area contributed by atoms with Gasteiger partial charge in [0.15, 0.2) is 0 Å². The first kappa shape index (κ1) is 29.1. The molecule has 0 spiro atoms. The van der Waals surface area contributed by atoms with Gasteiger partial charge in [-0.3, -0.25) is 14.5 Å². The second-order valence-electron chi connectivity index (χ2n) is 6.57. The highest BCUT2D eigenvalue weighted by Gasteiger charge is 2.29. The van der Waals surface area contributed by atoms with Crippen molar-refractivity contribution in [1.82, 2.24) is 10.2 Å². The number of anilines is 3. The lowest BCUT2D eigenvalue weighted by Crippen LogP contribution is -2.39. The summed E-state index contributed by atoms with van der Waals surface area (Å²) in [5.41, 5.74) is 2.14. The van der Waals surface area contributed by atoms with Crippen molar-refractivity contribution in [2.24, 2.45) is 0 Å². The second-order valence-corrected chi connectivity index (χ2v) is 7.00. The van der Waals surface area contributed by atoms with Crippen LogP contribution in [0.15, 0.2) is 42.5 Å². The van der Waals surface area contributed by atoms with Crippen molar-refractivity contribution in [2.75, 3.05) is 42.9 Å². The van der Waals surface area contributed by atoms with E-state index in [0.717, 1.165) is 19.6 Å². The molecule has 10 heteroatoms. The van der Waals surface area contributed by atoms with E-state index in [0.29, 0.717) is 34.2 Å². The van der Waals surface area contributed by atoms with Crippen LogP contribution in [-0.2, 0) is 4.79 Å². The van der Waals surface area contributed by atoms with Crippen LogP contribution in [0, 0.1) is 0 Å². The minimum absolute atomic E-state index is 0. The summed E-state index contributed by atoms with van der Waals surface area (Å²) in [4.78, 5) is 29.6. The number of likely N-dealkylation sites (N-methyl/N-ethyl adjacent to an activating group) is 1. The van der Waals surface area contributed by atoms with Crippen LogP contribution in [0.5, 0.6) is 0 Å². The first-order valence-electron chi connectivity index (χ1n) is 9.51. The van der Waals surface area contributed by atoms with Gasteiger partial charge < -0.3 is 21.0 Å². The van der Waals surface area contributed by atoms with Gasteiger partial charge in [-0.25, -0.2) is 0 Å². The second kappa shape index (κ2) is 13.5. The van der Waals surface area contributed by atoms with E-state index in [9.17, 15) is 9.59 Å². The molecular formula is C21H29Cl3N4O3. The van der Waals surface area contributed by atoms with Crippen molar-refractivity contribution in [3.05, 3.63) is 53.1 Å². The summed E-state index contributed by atoms with van der Waals surface area (Å²) in [7, 11) is 0. The summed E-state index contributed by atoms with van der Waals surface area (Å²) >= 11 is 6.10. The van der Waals surface area contributed by atoms with Crippen molar-refractivity contribution in [3.63, 3.8) is 0 Å². The molecule has 2 aromatic rings. The van der Waals surface area contributed by atoms with Crippen LogP contribution in [0.2, 0.25) is 5.02 Å². The molecule has 0 atom stereocenters. The topological polar surface area (TPSA) is 96.2 Å². The molecule has 0 unspecified atom stereocenters. The molecule has 0 fully saturated rings. The number of halogens is 3. The molecule has 1 heterocycles. The Morgan fingerprint density at radius 3 is 2.45 bits per heavy atom. The summed E-state index contributed by atoms with van der Waals surface area (Å²) in [6, 6.07) is 12.2. The third kappa shape index (κ3) is 6.80. The molecule has 0 saturated carbocycles. The normalized spacial score (nSPS) is 11.7. The lowest BCUT2D eigenvalue weighted by atomic mass is 10.1. The van der Waals surface area contributed by atoms with Gasteiger partial charge in [0.25, 0.3) is 5.91 Å². The van der Waals surface area contributed by atoms with Crippen molar-refractivity contribution < 1.29 is 15.1 Å². The van der Waals surface area contributed by atoms with Crippen molar-refractivity contribution >= 4 is 65.3 Å². The number of nitrogens with one attached hydrogen (secondary N) is 2. The van der Waals surface area contributed by atoms with Crippen LogP contribution in [0.1, 0.15) is 24.2 Å². The monoisotopic (exact) mass is 490 g/mol. The highest BCUT2D eigenvalue weighted by molar-refractivity contribution is 6.31. The van der Waals surface area contributed by atoms with E-state index < -0.39 is 0 Å².